The number of para-hydroxylation sites is 1. The molecule has 4 bridgehead atoms. The number of carboxylic acids is 1. The van der Waals surface area contributed by atoms with Gasteiger partial charge >= 0.3 is 5.97 Å². The fourth-order valence-electron chi connectivity index (χ4n) is 6.76. The van der Waals surface area contributed by atoms with E-state index in [9.17, 15) is 9.90 Å². The second-order valence-corrected chi connectivity index (χ2v) is 9.63. The van der Waals surface area contributed by atoms with Crippen LogP contribution in [0.5, 0.6) is 5.75 Å². The van der Waals surface area contributed by atoms with Gasteiger partial charge in [0.2, 0.25) is 5.89 Å². The Hall–Kier alpha value is -2.82. The Kier molecular flexibility index (Phi) is 3.95. The quantitative estimate of drug-likeness (QED) is 0.577. The monoisotopic (exact) mass is 403 g/mol. The number of oxazole rings is 1. The lowest BCUT2D eigenvalue weighted by atomic mass is 9.48. The first-order valence-corrected chi connectivity index (χ1v) is 10.9. The Labute approximate surface area is 175 Å². The van der Waals surface area contributed by atoms with Crippen LogP contribution in [0.2, 0.25) is 0 Å². The van der Waals surface area contributed by atoms with E-state index in [1.807, 2.05) is 30.3 Å². The van der Waals surface area contributed by atoms with Crippen LogP contribution < -0.4 is 4.74 Å². The van der Waals surface area contributed by atoms with E-state index in [1.54, 1.807) is 18.2 Å². The molecule has 4 aliphatic carbocycles. The third kappa shape index (κ3) is 2.91. The van der Waals surface area contributed by atoms with Crippen molar-refractivity contribution in [1.82, 2.24) is 4.98 Å². The first-order valence-electron chi connectivity index (χ1n) is 10.9. The molecule has 0 radical (unpaired) electrons. The van der Waals surface area contributed by atoms with E-state index < -0.39 is 5.97 Å². The lowest BCUT2D eigenvalue weighted by molar-refractivity contribution is -0.119. The molecule has 1 aromatic heterocycles. The summed E-state index contributed by atoms with van der Waals surface area (Å²) in [6, 6.07) is 14.8. The fourth-order valence-corrected chi connectivity index (χ4v) is 6.76. The van der Waals surface area contributed by atoms with Crippen molar-refractivity contribution in [1.29, 1.82) is 0 Å². The highest BCUT2D eigenvalue weighted by Crippen LogP contribution is 2.64. The number of benzene rings is 2. The number of hydrogen-bond donors (Lipinski definition) is 1. The summed E-state index contributed by atoms with van der Waals surface area (Å²) in [4.78, 5) is 16.2. The molecular weight excluding hydrogens is 378 g/mol. The van der Waals surface area contributed by atoms with Gasteiger partial charge in [-0.3, -0.25) is 0 Å². The second kappa shape index (κ2) is 6.59. The van der Waals surface area contributed by atoms with Crippen molar-refractivity contribution in [3.63, 3.8) is 0 Å². The molecule has 0 saturated heterocycles. The van der Waals surface area contributed by atoms with E-state index in [0.717, 1.165) is 42.8 Å². The van der Waals surface area contributed by atoms with Crippen molar-refractivity contribution in [3.05, 3.63) is 60.0 Å². The van der Waals surface area contributed by atoms with Gasteiger partial charge in [-0.05, 0) is 86.6 Å². The standard InChI is InChI=1S/C25H25NO4/c27-24(28)18-6-7-20-21(11-18)30-23(26-20)22(29-19-4-2-1-3-5-19)25-12-15-8-16(13-25)10-17(9-15)14-25/h1-7,11,15-17,22H,8-10,12-14H2,(H,27,28). The molecule has 1 N–H and O–H groups in total. The van der Waals surface area contributed by atoms with Crippen LogP contribution in [0.1, 0.15) is 60.9 Å². The first kappa shape index (κ1) is 18.0. The zero-order valence-corrected chi connectivity index (χ0v) is 16.8. The molecular formula is C25H25NO4. The maximum Gasteiger partial charge on any atom is 0.335 e. The molecule has 7 rings (SSSR count). The van der Waals surface area contributed by atoms with Gasteiger partial charge in [-0.25, -0.2) is 9.78 Å². The predicted octanol–water partition coefficient (Wildman–Crippen LogP) is 5.86. The minimum Gasteiger partial charge on any atom is -0.480 e. The van der Waals surface area contributed by atoms with Crippen LogP contribution in [0.3, 0.4) is 0 Å². The predicted molar refractivity (Wildman–Crippen MR) is 111 cm³/mol. The van der Waals surface area contributed by atoms with Crippen molar-refractivity contribution in [2.75, 3.05) is 0 Å². The van der Waals surface area contributed by atoms with E-state index in [4.69, 9.17) is 14.1 Å². The summed E-state index contributed by atoms with van der Waals surface area (Å²) in [5, 5.41) is 9.32. The number of aromatic nitrogens is 1. The smallest absolute Gasteiger partial charge is 0.335 e. The average Bonchev–Trinajstić information content (AvgIpc) is 3.14. The molecule has 1 heterocycles. The molecule has 0 spiro atoms. The Balaban J connectivity index is 1.44. The summed E-state index contributed by atoms with van der Waals surface area (Å²) < 4.78 is 12.8. The molecule has 3 aromatic rings. The molecule has 4 aliphatic rings. The van der Waals surface area contributed by atoms with Gasteiger partial charge in [0.05, 0.1) is 5.56 Å². The van der Waals surface area contributed by atoms with Gasteiger partial charge in [0.15, 0.2) is 11.7 Å². The fraction of sp³-hybridized carbons (Fsp3) is 0.440. The number of aromatic carboxylic acids is 1. The van der Waals surface area contributed by atoms with Gasteiger partial charge < -0.3 is 14.3 Å². The Morgan fingerprint density at radius 2 is 1.70 bits per heavy atom. The molecule has 4 fully saturated rings. The lowest BCUT2D eigenvalue weighted by Gasteiger charge is -2.58. The molecule has 154 valence electrons. The van der Waals surface area contributed by atoms with Crippen LogP contribution in [0, 0.1) is 23.2 Å². The van der Waals surface area contributed by atoms with E-state index in [-0.39, 0.29) is 17.1 Å². The Morgan fingerprint density at radius 3 is 2.33 bits per heavy atom. The largest absolute Gasteiger partial charge is 0.480 e. The van der Waals surface area contributed by atoms with Gasteiger partial charge in [-0.1, -0.05) is 18.2 Å². The van der Waals surface area contributed by atoms with Gasteiger partial charge in [0.25, 0.3) is 0 Å². The summed E-state index contributed by atoms with van der Waals surface area (Å²) in [6.07, 6.45) is 7.29. The molecule has 1 unspecified atom stereocenters. The summed E-state index contributed by atoms with van der Waals surface area (Å²) in [5.74, 6) is 2.78. The van der Waals surface area contributed by atoms with Crippen molar-refractivity contribution < 1.29 is 19.1 Å². The van der Waals surface area contributed by atoms with Gasteiger partial charge in [0, 0.05) is 5.41 Å². The summed E-state index contributed by atoms with van der Waals surface area (Å²) in [5.41, 5.74) is 1.44. The number of hydrogen-bond acceptors (Lipinski definition) is 4. The van der Waals surface area contributed by atoms with E-state index >= 15 is 0 Å². The van der Waals surface area contributed by atoms with Crippen molar-refractivity contribution in [2.45, 2.75) is 44.6 Å². The highest BCUT2D eigenvalue weighted by Gasteiger charge is 2.56. The molecule has 5 nitrogen and oxygen atoms in total. The molecule has 0 aliphatic heterocycles. The number of fused-ring (bicyclic) bond motifs is 1. The van der Waals surface area contributed by atoms with E-state index in [0.29, 0.717) is 17.0 Å². The Bertz CT molecular complexity index is 1070. The third-order valence-corrected chi connectivity index (χ3v) is 7.52. The van der Waals surface area contributed by atoms with Crippen LogP contribution in [0.15, 0.2) is 52.9 Å². The van der Waals surface area contributed by atoms with Gasteiger partial charge in [-0.2, -0.15) is 0 Å². The third-order valence-electron chi connectivity index (χ3n) is 7.52. The molecule has 30 heavy (non-hydrogen) atoms. The highest BCUT2D eigenvalue weighted by molar-refractivity contribution is 5.91. The number of rotatable bonds is 5. The van der Waals surface area contributed by atoms with Crippen LogP contribution >= 0.6 is 0 Å². The first-order chi connectivity index (χ1) is 14.6. The maximum atomic E-state index is 11.4. The van der Waals surface area contributed by atoms with E-state index in [2.05, 4.69) is 0 Å². The molecule has 0 amide bonds. The van der Waals surface area contributed by atoms with Crippen molar-refractivity contribution in [3.8, 4) is 5.75 Å². The lowest BCUT2D eigenvalue weighted by Crippen LogP contribution is -2.50. The minimum absolute atomic E-state index is 0.0428. The van der Waals surface area contributed by atoms with E-state index in [1.165, 1.54) is 19.3 Å². The summed E-state index contributed by atoms with van der Waals surface area (Å²) >= 11 is 0. The molecule has 5 heteroatoms. The number of carbonyl (C=O) groups is 1. The minimum atomic E-state index is -0.965. The average molecular weight is 403 g/mol. The molecule has 1 atom stereocenters. The molecule has 4 saturated carbocycles. The zero-order chi connectivity index (χ0) is 20.3. The van der Waals surface area contributed by atoms with Gasteiger partial charge in [-0.15, -0.1) is 0 Å². The van der Waals surface area contributed by atoms with Crippen LogP contribution in [0.25, 0.3) is 11.1 Å². The normalized spacial score (nSPS) is 30.5. The number of ether oxygens (including phenoxy) is 1. The Morgan fingerprint density at radius 1 is 1.03 bits per heavy atom. The maximum absolute atomic E-state index is 11.4. The van der Waals surface area contributed by atoms with Crippen LogP contribution in [-0.2, 0) is 0 Å². The van der Waals surface area contributed by atoms with Crippen molar-refractivity contribution >= 4 is 17.1 Å². The van der Waals surface area contributed by atoms with Crippen LogP contribution in [-0.4, -0.2) is 16.1 Å². The summed E-state index contributed by atoms with van der Waals surface area (Å²) in [6.45, 7) is 0. The summed E-state index contributed by atoms with van der Waals surface area (Å²) in [7, 11) is 0. The topological polar surface area (TPSA) is 72.6 Å². The SMILES string of the molecule is O=C(O)c1ccc2nc(C(Oc3ccccc3)C34CC5CC(CC(C5)C3)C4)oc2c1. The van der Waals surface area contributed by atoms with Crippen LogP contribution in [0.4, 0.5) is 0 Å². The zero-order valence-electron chi connectivity index (χ0n) is 16.8. The van der Waals surface area contributed by atoms with Crippen molar-refractivity contribution in [2.24, 2.45) is 23.2 Å². The number of carboxylic acid groups (broad SMARTS) is 1. The molecule has 2 aromatic carbocycles. The van der Waals surface area contributed by atoms with Gasteiger partial charge in [0.1, 0.15) is 11.3 Å². The number of nitrogens with zero attached hydrogens (tertiary/aromatic N) is 1. The highest BCUT2D eigenvalue weighted by atomic mass is 16.5. The second-order valence-electron chi connectivity index (χ2n) is 9.63.